The molecule has 2 aromatic heterocycles. The van der Waals surface area contributed by atoms with Gasteiger partial charge in [0, 0.05) is 24.2 Å². The molecule has 0 saturated carbocycles. The topological polar surface area (TPSA) is 67.5 Å². The van der Waals surface area contributed by atoms with E-state index < -0.39 is 0 Å². The normalized spacial score (nSPS) is 11.6. The Morgan fingerprint density at radius 2 is 2.05 bits per heavy atom. The van der Waals surface area contributed by atoms with Crippen LogP contribution < -0.4 is 5.43 Å². The van der Waals surface area contributed by atoms with Crippen molar-refractivity contribution in [1.29, 1.82) is 0 Å². The Bertz CT molecular complexity index is 614. The number of rotatable bonds is 5. The number of aromatic nitrogens is 1. The molecule has 0 unspecified atom stereocenters. The first-order valence-electron chi connectivity index (χ1n) is 5.96. The molecule has 5 heteroatoms. The van der Waals surface area contributed by atoms with Gasteiger partial charge in [-0.3, -0.25) is 9.78 Å². The summed E-state index contributed by atoms with van der Waals surface area (Å²) >= 11 is 0. The molecule has 0 fully saturated rings. The second kappa shape index (κ2) is 7.48. The Labute approximate surface area is 116 Å². The minimum Gasteiger partial charge on any atom is -0.465 e. The van der Waals surface area contributed by atoms with Crippen LogP contribution in [-0.2, 0) is 0 Å². The number of carbonyl (C=O) groups is 1. The van der Waals surface area contributed by atoms with Gasteiger partial charge in [0.15, 0.2) is 0 Å². The number of furan rings is 1. The number of hydrazone groups is 1. The largest absolute Gasteiger partial charge is 0.465 e. The van der Waals surface area contributed by atoms with E-state index >= 15 is 0 Å². The van der Waals surface area contributed by atoms with Gasteiger partial charge < -0.3 is 4.42 Å². The number of nitrogens with one attached hydrogen (secondary N) is 1. The van der Waals surface area contributed by atoms with Crippen LogP contribution in [0.25, 0.3) is 6.08 Å². The summed E-state index contributed by atoms with van der Waals surface area (Å²) in [5.74, 6) is 0.501. The Kier molecular flexibility index (Phi) is 5.04. The number of carbonyl (C=O) groups excluding carboxylic acids is 1. The van der Waals surface area contributed by atoms with E-state index in [1.54, 1.807) is 42.9 Å². The van der Waals surface area contributed by atoms with Gasteiger partial charge in [-0.2, -0.15) is 5.10 Å². The molecule has 20 heavy (non-hydrogen) atoms. The second-order valence-corrected chi connectivity index (χ2v) is 3.71. The molecular formula is C15H13N3O2. The van der Waals surface area contributed by atoms with Crippen LogP contribution in [0.15, 0.2) is 70.7 Å². The van der Waals surface area contributed by atoms with Gasteiger partial charge in [-0.05, 0) is 36.4 Å². The molecule has 2 rings (SSSR count). The monoisotopic (exact) mass is 267 g/mol. The maximum Gasteiger partial charge on any atom is 0.271 e. The van der Waals surface area contributed by atoms with Crippen LogP contribution in [0.2, 0.25) is 0 Å². The molecular weight excluding hydrogens is 254 g/mol. The van der Waals surface area contributed by atoms with Crippen LogP contribution in [0.4, 0.5) is 0 Å². The number of nitrogens with zero attached hydrogens (tertiary/aromatic N) is 2. The lowest BCUT2D eigenvalue weighted by atomic mass is 10.3. The van der Waals surface area contributed by atoms with Crippen molar-refractivity contribution in [1.82, 2.24) is 10.4 Å². The molecule has 0 spiro atoms. The van der Waals surface area contributed by atoms with Gasteiger partial charge in [0.2, 0.25) is 0 Å². The van der Waals surface area contributed by atoms with Crippen molar-refractivity contribution in [2.45, 2.75) is 0 Å². The second-order valence-electron chi connectivity index (χ2n) is 3.71. The average molecular weight is 267 g/mol. The highest BCUT2D eigenvalue weighted by Gasteiger charge is 2.00. The van der Waals surface area contributed by atoms with E-state index in [0.717, 1.165) is 5.76 Å². The van der Waals surface area contributed by atoms with Gasteiger partial charge in [0.25, 0.3) is 5.91 Å². The minimum absolute atomic E-state index is 0.275. The first-order chi connectivity index (χ1) is 9.86. The van der Waals surface area contributed by atoms with Crippen molar-refractivity contribution in [2.75, 3.05) is 0 Å². The van der Waals surface area contributed by atoms with Crippen molar-refractivity contribution in [3.05, 3.63) is 72.5 Å². The van der Waals surface area contributed by atoms with E-state index in [0.29, 0.717) is 5.56 Å². The number of allylic oxidation sites excluding steroid dienone is 3. The van der Waals surface area contributed by atoms with Gasteiger partial charge in [-0.15, -0.1) is 0 Å². The Morgan fingerprint density at radius 3 is 2.80 bits per heavy atom. The van der Waals surface area contributed by atoms with Gasteiger partial charge in [-0.25, -0.2) is 5.43 Å². The predicted molar refractivity (Wildman–Crippen MR) is 77.1 cm³/mol. The average Bonchev–Trinajstić information content (AvgIpc) is 3.00. The lowest BCUT2D eigenvalue weighted by Gasteiger charge is -1.96. The van der Waals surface area contributed by atoms with Gasteiger partial charge in [0.1, 0.15) is 5.76 Å². The molecule has 1 N–H and O–H groups in total. The van der Waals surface area contributed by atoms with E-state index in [1.165, 1.54) is 6.21 Å². The van der Waals surface area contributed by atoms with Crippen LogP contribution in [0.1, 0.15) is 16.1 Å². The number of hydrogen-bond donors (Lipinski definition) is 1. The lowest BCUT2D eigenvalue weighted by Crippen LogP contribution is -2.17. The number of hydrogen-bond acceptors (Lipinski definition) is 4. The molecule has 0 radical (unpaired) electrons. The van der Waals surface area contributed by atoms with Crippen molar-refractivity contribution < 1.29 is 9.21 Å². The summed E-state index contributed by atoms with van der Waals surface area (Å²) in [4.78, 5) is 15.4. The van der Waals surface area contributed by atoms with Gasteiger partial charge in [-0.1, -0.05) is 12.2 Å². The van der Waals surface area contributed by atoms with E-state index in [4.69, 9.17) is 4.42 Å². The van der Waals surface area contributed by atoms with Crippen molar-refractivity contribution in [3.63, 3.8) is 0 Å². The summed E-state index contributed by atoms with van der Waals surface area (Å²) in [5.41, 5.74) is 2.93. The first-order valence-corrected chi connectivity index (χ1v) is 5.96. The fourth-order valence-electron chi connectivity index (χ4n) is 1.36. The minimum atomic E-state index is -0.275. The Morgan fingerprint density at radius 1 is 1.20 bits per heavy atom. The molecule has 0 aromatic carbocycles. The first kappa shape index (κ1) is 13.5. The molecule has 100 valence electrons. The number of pyridine rings is 1. The molecule has 2 heterocycles. The predicted octanol–water partition coefficient (Wildman–Crippen LogP) is 2.66. The zero-order valence-electron chi connectivity index (χ0n) is 10.6. The van der Waals surface area contributed by atoms with E-state index in [9.17, 15) is 4.79 Å². The quantitative estimate of drug-likeness (QED) is 0.514. The van der Waals surface area contributed by atoms with Crippen LogP contribution in [0.5, 0.6) is 0 Å². The molecule has 0 saturated heterocycles. The maximum absolute atomic E-state index is 11.6. The highest BCUT2D eigenvalue weighted by atomic mass is 16.3. The van der Waals surface area contributed by atoms with Crippen LogP contribution >= 0.6 is 0 Å². The Hall–Kier alpha value is -2.95. The zero-order chi connectivity index (χ0) is 14.0. The summed E-state index contributed by atoms with van der Waals surface area (Å²) in [6, 6.07) is 6.91. The van der Waals surface area contributed by atoms with Crippen LogP contribution in [0.3, 0.4) is 0 Å². The number of amides is 1. The molecule has 0 bridgehead atoms. The summed E-state index contributed by atoms with van der Waals surface area (Å²) in [5, 5.41) is 3.79. The zero-order valence-corrected chi connectivity index (χ0v) is 10.6. The van der Waals surface area contributed by atoms with Gasteiger partial charge in [0.05, 0.1) is 6.26 Å². The highest BCUT2D eigenvalue weighted by molar-refractivity contribution is 5.94. The van der Waals surface area contributed by atoms with Gasteiger partial charge >= 0.3 is 0 Å². The third kappa shape index (κ3) is 4.38. The lowest BCUT2D eigenvalue weighted by molar-refractivity contribution is 0.0955. The van der Waals surface area contributed by atoms with Crippen LogP contribution in [-0.4, -0.2) is 17.1 Å². The highest BCUT2D eigenvalue weighted by Crippen LogP contribution is 2.01. The van der Waals surface area contributed by atoms with E-state index in [1.807, 2.05) is 24.3 Å². The fraction of sp³-hybridized carbons (Fsp3) is 0. The van der Waals surface area contributed by atoms with Crippen molar-refractivity contribution in [3.8, 4) is 0 Å². The molecule has 2 aromatic rings. The molecule has 0 aliphatic rings. The smallest absolute Gasteiger partial charge is 0.271 e. The van der Waals surface area contributed by atoms with Crippen molar-refractivity contribution >= 4 is 18.2 Å². The third-order valence-electron chi connectivity index (χ3n) is 2.30. The molecule has 0 aliphatic carbocycles. The van der Waals surface area contributed by atoms with E-state index in [2.05, 4.69) is 15.5 Å². The summed E-state index contributed by atoms with van der Waals surface area (Å²) < 4.78 is 5.13. The summed E-state index contributed by atoms with van der Waals surface area (Å²) in [7, 11) is 0. The summed E-state index contributed by atoms with van der Waals surface area (Å²) in [6.07, 6.45) is 13.3. The molecule has 1 amide bonds. The molecule has 0 aliphatic heterocycles. The van der Waals surface area contributed by atoms with Crippen LogP contribution in [0, 0.1) is 0 Å². The third-order valence-corrected chi connectivity index (χ3v) is 2.30. The fourth-order valence-corrected chi connectivity index (χ4v) is 1.36. The molecule has 0 atom stereocenters. The standard InChI is InChI=1S/C15H13N3O2/c19-15(13-7-10-16-11-8-13)18-17-9-3-1-2-5-14-6-4-12-20-14/h1-12H,(H,18,19)/b3-1+,5-2+,17-9-. The summed E-state index contributed by atoms with van der Waals surface area (Å²) in [6.45, 7) is 0. The Balaban J connectivity index is 1.75. The van der Waals surface area contributed by atoms with E-state index in [-0.39, 0.29) is 5.91 Å². The SMILES string of the molecule is O=C(N\N=C/C=C/C=C/c1ccco1)c1ccncc1. The maximum atomic E-state index is 11.6. The molecule has 5 nitrogen and oxygen atoms in total. The van der Waals surface area contributed by atoms with Crippen molar-refractivity contribution in [2.24, 2.45) is 5.10 Å².